The molecule has 1 amide bonds. The minimum absolute atomic E-state index is 0.215. The van der Waals surface area contributed by atoms with Crippen LogP contribution in [0.3, 0.4) is 0 Å². The number of amides is 1. The smallest absolute Gasteiger partial charge is 0.410 e. The number of fused-ring (bicyclic) bond motifs is 1. The Balaban J connectivity index is 1.73. The van der Waals surface area contributed by atoms with E-state index in [0.717, 1.165) is 10.9 Å². The maximum Gasteiger partial charge on any atom is 0.410 e. The summed E-state index contributed by atoms with van der Waals surface area (Å²) in [7, 11) is -2.33. The Morgan fingerprint density at radius 2 is 1.59 bits per heavy atom. The molecule has 3 aromatic rings. The van der Waals surface area contributed by atoms with Crippen LogP contribution in [0.25, 0.3) is 10.9 Å². The molecule has 4 rings (SSSR count). The summed E-state index contributed by atoms with van der Waals surface area (Å²) in [5.41, 5.74) is 0.961. The van der Waals surface area contributed by atoms with E-state index in [0.29, 0.717) is 43.3 Å². The lowest BCUT2D eigenvalue weighted by molar-refractivity contribution is 0.0240. The molecule has 0 atom stereocenters. The Bertz CT molecular complexity index is 1300. The summed E-state index contributed by atoms with van der Waals surface area (Å²) >= 11 is 0. The van der Waals surface area contributed by atoms with Gasteiger partial charge in [-0.3, -0.25) is 0 Å². The molecule has 0 N–H and O–H groups in total. The molecule has 1 aromatic heterocycles. The molecule has 182 valence electrons. The number of carbonyl (C=O) groups excluding carboxylic acids is 1. The molecule has 0 unspecified atom stereocenters. The molecule has 0 bridgehead atoms. The second-order valence-corrected chi connectivity index (χ2v) is 11.3. The van der Waals surface area contributed by atoms with Gasteiger partial charge in [0.05, 0.1) is 17.5 Å². The fourth-order valence-corrected chi connectivity index (χ4v) is 5.52. The van der Waals surface area contributed by atoms with Gasteiger partial charge in [-0.1, -0.05) is 17.7 Å². The van der Waals surface area contributed by atoms with Gasteiger partial charge in [0.2, 0.25) is 0 Å². The molecule has 0 saturated carbocycles. The van der Waals surface area contributed by atoms with Gasteiger partial charge < -0.3 is 19.3 Å². The van der Waals surface area contributed by atoms with E-state index in [1.54, 1.807) is 42.3 Å². The number of hydrogen-bond donors (Lipinski definition) is 0. The van der Waals surface area contributed by atoms with Crippen molar-refractivity contribution in [2.75, 3.05) is 38.2 Å². The largest absolute Gasteiger partial charge is 0.497 e. The maximum absolute atomic E-state index is 13.8. The number of carbonyl (C=O) groups is 1. The minimum atomic E-state index is -3.88. The van der Waals surface area contributed by atoms with Crippen LogP contribution in [0.4, 0.5) is 10.6 Å². The number of aryl methyl sites for hydroxylation is 1. The predicted molar refractivity (Wildman–Crippen MR) is 132 cm³/mol. The van der Waals surface area contributed by atoms with Gasteiger partial charge in [0, 0.05) is 37.6 Å². The van der Waals surface area contributed by atoms with Gasteiger partial charge in [-0.2, -0.15) is 0 Å². The quantitative estimate of drug-likeness (QED) is 0.550. The highest BCUT2D eigenvalue weighted by atomic mass is 32.2. The van der Waals surface area contributed by atoms with E-state index in [1.165, 1.54) is 3.97 Å². The molecule has 9 heteroatoms. The molecule has 34 heavy (non-hydrogen) atoms. The highest BCUT2D eigenvalue weighted by Crippen LogP contribution is 2.34. The highest BCUT2D eigenvalue weighted by molar-refractivity contribution is 7.90. The summed E-state index contributed by atoms with van der Waals surface area (Å²) in [6.45, 7) is 9.26. The molecule has 2 heterocycles. The number of ether oxygens (including phenoxy) is 2. The van der Waals surface area contributed by atoms with Crippen LogP contribution in [0.1, 0.15) is 26.3 Å². The third kappa shape index (κ3) is 4.70. The minimum Gasteiger partial charge on any atom is -0.497 e. The molecule has 2 aromatic carbocycles. The van der Waals surface area contributed by atoms with E-state index in [2.05, 4.69) is 0 Å². The third-order valence-corrected chi connectivity index (χ3v) is 7.50. The van der Waals surface area contributed by atoms with Crippen molar-refractivity contribution in [3.8, 4) is 5.75 Å². The Morgan fingerprint density at radius 1 is 0.941 bits per heavy atom. The first-order valence-corrected chi connectivity index (χ1v) is 12.7. The fraction of sp³-hybridized carbons (Fsp3) is 0.400. The number of methoxy groups -OCH3 is 1. The van der Waals surface area contributed by atoms with Crippen molar-refractivity contribution in [3.05, 3.63) is 54.1 Å². The lowest BCUT2D eigenvalue weighted by atomic mass is 10.2. The molecular formula is C25H31N3O5S. The van der Waals surface area contributed by atoms with Crippen LogP contribution in [0.15, 0.2) is 53.4 Å². The second kappa shape index (κ2) is 8.87. The number of hydrogen-bond acceptors (Lipinski definition) is 6. The van der Waals surface area contributed by atoms with Gasteiger partial charge in [-0.05, 0) is 58.0 Å². The number of nitrogens with zero attached hydrogens (tertiary/aromatic N) is 3. The summed E-state index contributed by atoms with van der Waals surface area (Å²) in [6, 6.07) is 14.1. The van der Waals surface area contributed by atoms with E-state index in [-0.39, 0.29) is 11.0 Å². The summed E-state index contributed by atoms with van der Waals surface area (Å²) in [6.07, 6.45) is -0.357. The molecule has 1 saturated heterocycles. The molecule has 1 aliphatic heterocycles. The monoisotopic (exact) mass is 485 g/mol. The SMILES string of the molecule is COc1ccc2cc(N3CCN(C(=O)OC(C)(C)C)CC3)n(S(=O)(=O)c3ccc(C)cc3)c2c1. The van der Waals surface area contributed by atoms with Crippen molar-refractivity contribution in [2.45, 2.75) is 38.2 Å². The summed E-state index contributed by atoms with van der Waals surface area (Å²) in [5.74, 6) is 1.14. The van der Waals surface area contributed by atoms with Crippen molar-refractivity contribution < 1.29 is 22.7 Å². The zero-order chi connectivity index (χ0) is 24.7. The van der Waals surface area contributed by atoms with E-state index in [4.69, 9.17) is 9.47 Å². The number of piperazine rings is 1. The Labute approximate surface area is 200 Å². The molecule has 0 spiro atoms. The number of benzene rings is 2. The van der Waals surface area contributed by atoms with Crippen LogP contribution >= 0.6 is 0 Å². The van der Waals surface area contributed by atoms with Crippen LogP contribution in [0, 0.1) is 6.92 Å². The standard InChI is InChI=1S/C25H31N3O5S/c1-18-6-10-21(11-7-18)34(30,31)28-22-17-20(32-5)9-8-19(22)16-23(28)26-12-14-27(15-13-26)24(29)33-25(2,3)4/h6-11,16-17H,12-15H2,1-5H3. The lowest BCUT2D eigenvalue weighted by Gasteiger charge is -2.36. The first-order valence-electron chi connectivity index (χ1n) is 11.2. The second-order valence-electron chi connectivity index (χ2n) is 9.46. The topological polar surface area (TPSA) is 81.1 Å². The molecular weight excluding hydrogens is 454 g/mol. The van der Waals surface area contributed by atoms with Gasteiger partial charge in [0.25, 0.3) is 10.0 Å². The Hall–Kier alpha value is -3.20. The van der Waals surface area contributed by atoms with Crippen molar-refractivity contribution >= 4 is 32.8 Å². The first-order chi connectivity index (χ1) is 16.0. The van der Waals surface area contributed by atoms with Crippen LogP contribution in [0.5, 0.6) is 5.75 Å². The van der Waals surface area contributed by atoms with E-state index in [1.807, 2.05) is 50.8 Å². The summed E-state index contributed by atoms with van der Waals surface area (Å²) in [5, 5.41) is 0.793. The molecule has 1 fully saturated rings. The van der Waals surface area contributed by atoms with Gasteiger partial charge in [-0.25, -0.2) is 17.2 Å². The van der Waals surface area contributed by atoms with E-state index >= 15 is 0 Å². The highest BCUT2D eigenvalue weighted by Gasteiger charge is 2.30. The predicted octanol–water partition coefficient (Wildman–Crippen LogP) is 4.25. The van der Waals surface area contributed by atoms with Crippen LogP contribution in [-0.4, -0.2) is 62.3 Å². The van der Waals surface area contributed by atoms with Gasteiger partial charge in [-0.15, -0.1) is 0 Å². The molecule has 8 nitrogen and oxygen atoms in total. The molecule has 0 aliphatic carbocycles. The van der Waals surface area contributed by atoms with Crippen molar-refractivity contribution in [2.24, 2.45) is 0 Å². The molecule has 0 radical (unpaired) electrons. The van der Waals surface area contributed by atoms with Crippen LogP contribution < -0.4 is 9.64 Å². The fourth-order valence-electron chi connectivity index (χ4n) is 4.00. The van der Waals surface area contributed by atoms with Crippen molar-refractivity contribution in [1.29, 1.82) is 0 Å². The van der Waals surface area contributed by atoms with Crippen LogP contribution in [-0.2, 0) is 14.8 Å². The number of rotatable bonds is 4. The average molecular weight is 486 g/mol. The van der Waals surface area contributed by atoms with Crippen molar-refractivity contribution in [1.82, 2.24) is 8.87 Å². The number of anilines is 1. The average Bonchev–Trinajstić information content (AvgIpc) is 3.18. The van der Waals surface area contributed by atoms with Gasteiger partial charge >= 0.3 is 6.09 Å². The zero-order valence-electron chi connectivity index (χ0n) is 20.2. The number of aromatic nitrogens is 1. The third-order valence-electron chi connectivity index (χ3n) is 5.76. The van der Waals surface area contributed by atoms with E-state index < -0.39 is 15.6 Å². The summed E-state index contributed by atoms with van der Waals surface area (Å²) < 4.78 is 39.9. The Kier molecular flexibility index (Phi) is 6.24. The van der Waals surface area contributed by atoms with Gasteiger partial charge in [0.1, 0.15) is 17.2 Å². The van der Waals surface area contributed by atoms with Crippen molar-refractivity contribution in [3.63, 3.8) is 0 Å². The van der Waals surface area contributed by atoms with E-state index in [9.17, 15) is 13.2 Å². The van der Waals surface area contributed by atoms with Crippen LogP contribution in [0.2, 0.25) is 0 Å². The summed E-state index contributed by atoms with van der Waals surface area (Å²) in [4.78, 5) is 16.4. The first kappa shape index (κ1) is 23.9. The van der Waals surface area contributed by atoms with Gasteiger partial charge in [0.15, 0.2) is 0 Å². The normalized spacial score (nSPS) is 15.0. The zero-order valence-corrected chi connectivity index (χ0v) is 21.1. The lowest BCUT2D eigenvalue weighted by Crippen LogP contribution is -2.50. The molecule has 1 aliphatic rings. The Morgan fingerprint density at radius 3 is 2.18 bits per heavy atom. The maximum atomic E-state index is 13.8.